The lowest BCUT2D eigenvalue weighted by Crippen LogP contribution is -2.47. The Labute approximate surface area is 109 Å². The zero-order valence-corrected chi connectivity index (χ0v) is 11.4. The maximum atomic E-state index is 5.30. The first-order valence-electron chi connectivity index (χ1n) is 6.96. The van der Waals surface area contributed by atoms with Crippen molar-refractivity contribution in [1.29, 1.82) is 0 Å². The van der Waals surface area contributed by atoms with Crippen molar-refractivity contribution >= 4 is 0 Å². The minimum atomic E-state index is 0.666. The number of likely N-dealkylation sites (tertiary alicyclic amines) is 1. The molecule has 0 radical (unpaired) electrons. The van der Waals surface area contributed by atoms with E-state index in [1.54, 1.807) is 6.20 Å². The SMILES string of the molecule is CC.NOc1ccnc2c1CC(N1CCC1)CC2. The second-order valence-electron chi connectivity index (χ2n) is 4.64. The summed E-state index contributed by atoms with van der Waals surface area (Å²) in [6.07, 6.45) is 6.43. The number of nitrogens with zero attached hydrogens (tertiary/aromatic N) is 2. The molecule has 1 aromatic rings. The summed E-state index contributed by atoms with van der Waals surface area (Å²) in [5, 5.41) is 0. The molecule has 2 heterocycles. The standard InChI is InChI=1S/C12H17N3O.C2H6/c13-16-12-4-5-14-11-3-2-9(8-10(11)12)15-6-1-7-15;1-2/h4-5,9H,1-3,6-8,13H2;1-2H3. The number of fused-ring (bicyclic) bond motifs is 1. The average molecular weight is 249 g/mol. The van der Waals surface area contributed by atoms with Crippen LogP contribution in [0.25, 0.3) is 0 Å². The van der Waals surface area contributed by atoms with E-state index in [0.29, 0.717) is 6.04 Å². The Balaban J connectivity index is 0.000000574. The molecular weight excluding hydrogens is 226 g/mol. The highest BCUT2D eigenvalue weighted by Crippen LogP contribution is 2.31. The summed E-state index contributed by atoms with van der Waals surface area (Å²) in [5.41, 5.74) is 2.38. The molecule has 0 bridgehead atoms. The number of pyridine rings is 1. The maximum Gasteiger partial charge on any atom is 0.153 e. The van der Waals surface area contributed by atoms with Gasteiger partial charge in [0.05, 0.1) is 0 Å². The minimum Gasteiger partial charge on any atom is -0.411 e. The number of rotatable bonds is 2. The van der Waals surface area contributed by atoms with E-state index in [4.69, 9.17) is 10.7 Å². The zero-order valence-electron chi connectivity index (χ0n) is 11.4. The first-order chi connectivity index (χ1) is 8.88. The molecule has 0 saturated carbocycles. The Kier molecular flexibility index (Phi) is 4.55. The number of aromatic nitrogens is 1. The van der Waals surface area contributed by atoms with Crippen LogP contribution < -0.4 is 10.7 Å². The van der Waals surface area contributed by atoms with Crippen molar-refractivity contribution in [3.63, 3.8) is 0 Å². The fourth-order valence-corrected chi connectivity index (χ4v) is 2.72. The average Bonchev–Trinajstić information content (AvgIpc) is 2.38. The van der Waals surface area contributed by atoms with E-state index < -0.39 is 0 Å². The van der Waals surface area contributed by atoms with Gasteiger partial charge in [0.15, 0.2) is 5.75 Å². The van der Waals surface area contributed by atoms with Gasteiger partial charge < -0.3 is 4.84 Å². The number of nitrogens with two attached hydrogens (primary N) is 1. The monoisotopic (exact) mass is 249 g/mol. The van der Waals surface area contributed by atoms with Crippen LogP contribution in [0.1, 0.15) is 37.9 Å². The molecule has 0 spiro atoms. The van der Waals surface area contributed by atoms with Crippen molar-refractivity contribution in [2.24, 2.45) is 5.90 Å². The Hall–Kier alpha value is -1.13. The van der Waals surface area contributed by atoms with E-state index in [1.807, 2.05) is 19.9 Å². The molecule has 1 saturated heterocycles. The van der Waals surface area contributed by atoms with Crippen LogP contribution >= 0.6 is 0 Å². The largest absolute Gasteiger partial charge is 0.411 e. The summed E-state index contributed by atoms with van der Waals surface area (Å²) < 4.78 is 0. The van der Waals surface area contributed by atoms with Gasteiger partial charge in [0.1, 0.15) is 0 Å². The smallest absolute Gasteiger partial charge is 0.153 e. The minimum absolute atomic E-state index is 0.666. The van der Waals surface area contributed by atoms with Crippen LogP contribution in [-0.4, -0.2) is 29.0 Å². The van der Waals surface area contributed by atoms with Crippen LogP contribution in [0, 0.1) is 0 Å². The van der Waals surface area contributed by atoms with Crippen LogP contribution in [0.2, 0.25) is 0 Å². The second-order valence-corrected chi connectivity index (χ2v) is 4.64. The van der Waals surface area contributed by atoms with Crippen molar-refractivity contribution in [2.45, 2.75) is 45.6 Å². The third-order valence-electron chi connectivity index (χ3n) is 3.79. The van der Waals surface area contributed by atoms with Gasteiger partial charge in [-0.2, -0.15) is 5.90 Å². The van der Waals surface area contributed by atoms with Crippen LogP contribution in [-0.2, 0) is 12.8 Å². The molecule has 0 amide bonds. The fourth-order valence-electron chi connectivity index (χ4n) is 2.72. The Bertz CT molecular complexity index is 376. The summed E-state index contributed by atoms with van der Waals surface area (Å²) >= 11 is 0. The molecule has 1 fully saturated rings. The van der Waals surface area contributed by atoms with Gasteiger partial charge in [0.2, 0.25) is 0 Å². The van der Waals surface area contributed by atoms with E-state index in [0.717, 1.165) is 18.6 Å². The normalized spacial score (nSPS) is 22.3. The van der Waals surface area contributed by atoms with Crippen LogP contribution in [0.4, 0.5) is 0 Å². The van der Waals surface area contributed by atoms with Crippen molar-refractivity contribution in [3.8, 4) is 5.75 Å². The molecule has 0 aromatic carbocycles. The first kappa shape index (κ1) is 13.3. The number of hydrogen-bond acceptors (Lipinski definition) is 4. The van der Waals surface area contributed by atoms with Crippen LogP contribution in [0.15, 0.2) is 12.3 Å². The predicted molar refractivity (Wildman–Crippen MR) is 72.4 cm³/mol. The topological polar surface area (TPSA) is 51.4 Å². The second kappa shape index (κ2) is 6.16. The summed E-state index contributed by atoms with van der Waals surface area (Å²) in [7, 11) is 0. The molecule has 1 aromatic heterocycles. The van der Waals surface area contributed by atoms with E-state index in [-0.39, 0.29) is 0 Å². The lowest BCUT2D eigenvalue weighted by atomic mass is 9.89. The Morgan fingerprint density at radius 3 is 2.78 bits per heavy atom. The van der Waals surface area contributed by atoms with Gasteiger partial charge in [-0.1, -0.05) is 13.8 Å². The van der Waals surface area contributed by atoms with E-state index in [9.17, 15) is 0 Å². The summed E-state index contributed by atoms with van der Waals surface area (Å²) in [5.74, 6) is 6.10. The molecule has 2 N–H and O–H groups in total. The lowest BCUT2D eigenvalue weighted by Gasteiger charge is -2.40. The fraction of sp³-hybridized carbons (Fsp3) is 0.643. The van der Waals surface area contributed by atoms with Gasteiger partial charge in [-0.3, -0.25) is 9.88 Å². The Morgan fingerprint density at radius 2 is 2.17 bits per heavy atom. The van der Waals surface area contributed by atoms with Gasteiger partial charge in [0, 0.05) is 29.6 Å². The highest BCUT2D eigenvalue weighted by atomic mass is 16.6. The number of hydrogen-bond donors (Lipinski definition) is 1. The quantitative estimate of drug-likeness (QED) is 0.814. The molecule has 18 heavy (non-hydrogen) atoms. The van der Waals surface area contributed by atoms with Crippen molar-refractivity contribution in [2.75, 3.05) is 13.1 Å². The molecule has 1 aliphatic heterocycles. The molecule has 4 nitrogen and oxygen atoms in total. The van der Waals surface area contributed by atoms with Gasteiger partial charge >= 0.3 is 0 Å². The summed E-state index contributed by atoms with van der Waals surface area (Å²) in [6.45, 7) is 6.50. The summed E-state index contributed by atoms with van der Waals surface area (Å²) in [6, 6.07) is 2.52. The third-order valence-corrected chi connectivity index (χ3v) is 3.79. The molecule has 1 aliphatic carbocycles. The molecule has 1 atom stereocenters. The van der Waals surface area contributed by atoms with Gasteiger partial charge in [-0.25, -0.2) is 0 Å². The van der Waals surface area contributed by atoms with E-state index in [1.165, 1.54) is 37.2 Å². The van der Waals surface area contributed by atoms with Crippen molar-refractivity contribution in [3.05, 3.63) is 23.5 Å². The van der Waals surface area contributed by atoms with Gasteiger partial charge in [-0.15, -0.1) is 0 Å². The maximum absolute atomic E-state index is 5.30. The molecule has 100 valence electrons. The van der Waals surface area contributed by atoms with E-state index in [2.05, 4.69) is 9.88 Å². The molecule has 4 heteroatoms. The van der Waals surface area contributed by atoms with Crippen LogP contribution in [0.3, 0.4) is 0 Å². The van der Waals surface area contributed by atoms with E-state index >= 15 is 0 Å². The highest BCUT2D eigenvalue weighted by molar-refractivity contribution is 5.38. The predicted octanol–water partition coefficient (Wildman–Crippen LogP) is 1.92. The van der Waals surface area contributed by atoms with Crippen LogP contribution in [0.5, 0.6) is 5.75 Å². The Morgan fingerprint density at radius 1 is 1.39 bits per heavy atom. The first-order valence-corrected chi connectivity index (χ1v) is 6.96. The van der Waals surface area contributed by atoms with Crippen molar-refractivity contribution in [1.82, 2.24) is 9.88 Å². The zero-order chi connectivity index (χ0) is 13.0. The molecule has 1 unspecified atom stereocenters. The molecular formula is C14H23N3O. The van der Waals surface area contributed by atoms with Crippen molar-refractivity contribution < 1.29 is 4.84 Å². The van der Waals surface area contributed by atoms with Gasteiger partial charge in [-0.05, 0) is 38.8 Å². The third kappa shape index (κ3) is 2.49. The summed E-state index contributed by atoms with van der Waals surface area (Å²) in [4.78, 5) is 11.9. The van der Waals surface area contributed by atoms with Gasteiger partial charge in [0.25, 0.3) is 0 Å². The molecule has 2 aliphatic rings. The molecule has 3 rings (SSSR count). The lowest BCUT2D eigenvalue weighted by molar-refractivity contribution is 0.106. The highest BCUT2D eigenvalue weighted by Gasteiger charge is 2.29. The number of aryl methyl sites for hydroxylation is 1.